The van der Waals surface area contributed by atoms with Gasteiger partial charge in [-0.3, -0.25) is 4.79 Å². The van der Waals surface area contributed by atoms with Crippen LogP contribution in [0.15, 0.2) is 51.4 Å². The number of carbonyl (C=O) groups excluding carboxylic acids is 1. The normalized spacial score (nSPS) is 36.3. The van der Waals surface area contributed by atoms with E-state index in [0.717, 1.165) is 32.1 Å². The zero-order chi connectivity index (χ0) is 19.6. The average Bonchev–Trinajstić information content (AvgIpc) is 3.04. The molecule has 5 rings (SSSR count). The molecule has 2 fully saturated rings. The Morgan fingerprint density at radius 1 is 1.07 bits per heavy atom. The van der Waals surface area contributed by atoms with Gasteiger partial charge >= 0.3 is 5.97 Å². The van der Waals surface area contributed by atoms with E-state index in [2.05, 4.69) is 31.9 Å². The van der Waals surface area contributed by atoms with Crippen molar-refractivity contribution in [3.63, 3.8) is 0 Å². The van der Waals surface area contributed by atoms with Gasteiger partial charge in [-0.2, -0.15) is 0 Å². The van der Waals surface area contributed by atoms with Crippen LogP contribution in [-0.4, -0.2) is 28.9 Å². The van der Waals surface area contributed by atoms with Crippen LogP contribution in [0.25, 0.3) is 0 Å². The van der Waals surface area contributed by atoms with E-state index in [9.17, 15) is 15.0 Å². The molecule has 6 heteroatoms. The summed E-state index contributed by atoms with van der Waals surface area (Å²) in [4.78, 5) is 12.7. The first-order chi connectivity index (χ1) is 13.4. The number of ether oxygens (including phenoxy) is 1. The van der Waals surface area contributed by atoms with Gasteiger partial charge in [0.25, 0.3) is 0 Å². The molecule has 1 heterocycles. The van der Waals surface area contributed by atoms with E-state index in [1.807, 2.05) is 42.5 Å². The summed E-state index contributed by atoms with van der Waals surface area (Å²) in [6.07, 6.45) is 0.478. The molecule has 3 aliphatic rings. The van der Waals surface area contributed by atoms with Crippen LogP contribution in [0, 0.1) is 17.8 Å². The van der Waals surface area contributed by atoms with Crippen molar-refractivity contribution in [1.29, 1.82) is 0 Å². The number of carbonyl (C=O) groups is 1. The Labute approximate surface area is 180 Å². The first-order valence-corrected chi connectivity index (χ1v) is 11.1. The fourth-order valence-corrected chi connectivity index (χ4v) is 7.06. The van der Waals surface area contributed by atoms with E-state index in [4.69, 9.17) is 4.74 Å². The van der Waals surface area contributed by atoms with Crippen molar-refractivity contribution in [3.05, 3.63) is 68.1 Å². The summed E-state index contributed by atoms with van der Waals surface area (Å²) in [7, 11) is 0. The summed E-state index contributed by atoms with van der Waals surface area (Å²) in [5.41, 5.74) is 1.43. The molecule has 146 valence electrons. The van der Waals surface area contributed by atoms with E-state index in [1.165, 1.54) is 0 Å². The quantitative estimate of drug-likeness (QED) is 0.574. The van der Waals surface area contributed by atoms with Gasteiger partial charge in [-0.05, 0) is 47.7 Å². The number of esters is 1. The fraction of sp³-hybridized carbons (Fsp3) is 0.409. The maximum atomic E-state index is 12.7. The van der Waals surface area contributed by atoms with Crippen LogP contribution in [0.4, 0.5) is 0 Å². The second kappa shape index (κ2) is 6.66. The van der Waals surface area contributed by atoms with Gasteiger partial charge in [-0.25, -0.2) is 0 Å². The zero-order valence-corrected chi connectivity index (χ0v) is 18.2. The molecule has 2 aliphatic carbocycles. The minimum absolute atomic E-state index is 0.146. The average molecular weight is 508 g/mol. The molecule has 2 aromatic rings. The Hall–Kier alpha value is -1.21. The number of aliphatic hydroxyl groups is 2. The Balaban J connectivity index is 1.73. The molecule has 6 atom stereocenters. The SMILES string of the molecule is O=C1OC[C@@H]2[C@H]1[C@H](c1cc(Br)cc(Br)c1)[C@@H]1CCc3ccccc3[C@]1(O)[C@H]2O. The Morgan fingerprint density at radius 2 is 1.79 bits per heavy atom. The monoisotopic (exact) mass is 506 g/mol. The van der Waals surface area contributed by atoms with Crippen molar-refractivity contribution in [3.8, 4) is 0 Å². The molecule has 1 aliphatic heterocycles. The highest BCUT2D eigenvalue weighted by atomic mass is 79.9. The third-order valence-corrected chi connectivity index (χ3v) is 7.75. The molecule has 0 unspecified atom stereocenters. The van der Waals surface area contributed by atoms with Gasteiger partial charge in [0.2, 0.25) is 0 Å². The molecule has 1 saturated carbocycles. The Kier molecular flexibility index (Phi) is 4.47. The van der Waals surface area contributed by atoms with Crippen molar-refractivity contribution in [2.45, 2.75) is 30.5 Å². The van der Waals surface area contributed by atoms with Crippen molar-refractivity contribution in [2.75, 3.05) is 6.61 Å². The van der Waals surface area contributed by atoms with E-state index in [1.54, 1.807) is 0 Å². The van der Waals surface area contributed by atoms with Crippen LogP contribution < -0.4 is 0 Å². The van der Waals surface area contributed by atoms with Crippen LogP contribution in [0.1, 0.15) is 29.0 Å². The smallest absolute Gasteiger partial charge is 0.310 e. The van der Waals surface area contributed by atoms with E-state index in [-0.39, 0.29) is 24.4 Å². The number of cyclic esters (lactones) is 1. The number of rotatable bonds is 1. The number of hydrogen-bond donors (Lipinski definition) is 2. The molecule has 28 heavy (non-hydrogen) atoms. The van der Waals surface area contributed by atoms with E-state index >= 15 is 0 Å². The van der Waals surface area contributed by atoms with E-state index < -0.39 is 23.5 Å². The molecule has 1 saturated heterocycles. The third-order valence-electron chi connectivity index (χ3n) is 6.84. The molecule has 2 aromatic carbocycles. The summed E-state index contributed by atoms with van der Waals surface area (Å²) >= 11 is 7.10. The Bertz CT molecular complexity index is 941. The maximum absolute atomic E-state index is 12.7. The van der Waals surface area contributed by atoms with Crippen LogP contribution >= 0.6 is 31.9 Å². The van der Waals surface area contributed by atoms with Gasteiger partial charge < -0.3 is 14.9 Å². The number of fused-ring (bicyclic) bond motifs is 4. The molecule has 0 aromatic heterocycles. The lowest BCUT2D eigenvalue weighted by molar-refractivity contribution is -0.190. The standard InChI is InChI=1S/C22H20Br2O4/c23-13-7-12(8-14(24)9-13)18-17-6-5-11-3-1-2-4-16(11)22(17,27)20(25)15-10-28-21(26)19(15)18/h1-4,7-9,15,17-20,25,27H,5-6,10H2/t15-,17+,18-,19+,20+,22-/m1/s1. The van der Waals surface area contributed by atoms with E-state index in [0.29, 0.717) is 6.42 Å². The van der Waals surface area contributed by atoms with Gasteiger partial charge in [0.15, 0.2) is 0 Å². The lowest BCUT2D eigenvalue weighted by Crippen LogP contribution is -2.60. The predicted octanol–water partition coefficient (Wildman–Crippen LogP) is 3.91. The summed E-state index contributed by atoms with van der Waals surface area (Å²) < 4.78 is 7.20. The van der Waals surface area contributed by atoms with Crippen molar-refractivity contribution < 1.29 is 19.7 Å². The van der Waals surface area contributed by atoms with Gasteiger partial charge in [0.05, 0.1) is 18.6 Å². The van der Waals surface area contributed by atoms with Crippen molar-refractivity contribution >= 4 is 37.8 Å². The number of hydrogen-bond acceptors (Lipinski definition) is 4. The van der Waals surface area contributed by atoms with Crippen LogP contribution in [0.3, 0.4) is 0 Å². The van der Waals surface area contributed by atoms with Crippen LogP contribution in [0.2, 0.25) is 0 Å². The molecule has 0 spiro atoms. The lowest BCUT2D eigenvalue weighted by Gasteiger charge is -2.54. The summed E-state index contributed by atoms with van der Waals surface area (Å²) in [5.74, 6) is -1.65. The highest BCUT2D eigenvalue weighted by Crippen LogP contribution is 2.59. The third kappa shape index (κ3) is 2.58. The van der Waals surface area contributed by atoms with Crippen molar-refractivity contribution in [1.82, 2.24) is 0 Å². The second-order valence-corrected chi connectivity index (χ2v) is 9.95. The van der Waals surface area contributed by atoms with Gasteiger partial charge in [-0.1, -0.05) is 56.1 Å². The number of aryl methyl sites for hydroxylation is 1. The molecule has 0 radical (unpaired) electrons. The number of halogens is 2. The van der Waals surface area contributed by atoms with Gasteiger partial charge in [-0.15, -0.1) is 0 Å². The highest BCUT2D eigenvalue weighted by molar-refractivity contribution is 9.11. The van der Waals surface area contributed by atoms with Gasteiger partial charge in [0.1, 0.15) is 5.60 Å². The molecular weight excluding hydrogens is 488 g/mol. The second-order valence-electron chi connectivity index (χ2n) is 8.12. The zero-order valence-electron chi connectivity index (χ0n) is 15.0. The van der Waals surface area contributed by atoms with Gasteiger partial charge in [0, 0.05) is 26.7 Å². The highest BCUT2D eigenvalue weighted by Gasteiger charge is 2.64. The summed E-state index contributed by atoms with van der Waals surface area (Å²) in [5, 5.41) is 23.2. The lowest BCUT2D eigenvalue weighted by atomic mass is 9.52. The topological polar surface area (TPSA) is 66.8 Å². The molecule has 2 N–H and O–H groups in total. The Morgan fingerprint density at radius 3 is 2.54 bits per heavy atom. The first-order valence-electron chi connectivity index (χ1n) is 9.52. The number of aliphatic hydroxyl groups excluding tert-OH is 1. The first kappa shape index (κ1) is 18.8. The fourth-order valence-electron chi connectivity index (χ4n) is 5.73. The predicted molar refractivity (Wildman–Crippen MR) is 111 cm³/mol. The number of benzene rings is 2. The largest absolute Gasteiger partial charge is 0.465 e. The molecule has 4 nitrogen and oxygen atoms in total. The summed E-state index contributed by atoms with van der Waals surface area (Å²) in [6.45, 7) is 0.146. The van der Waals surface area contributed by atoms with Crippen LogP contribution in [-0.2, 0) is 21.6 Å². The van der Waals surface area contributed by atoms with Crippen LogP contribution in [0.5, 0.6) is 0 Å². The minimum Gasteiger partial charge on any atom is -0.465 e. The summed E-state index contributed by atoms with van der Waals surface area (Å²) in [6, 6.07) is 13.8. The van der Waals surface area contributed by atoms with Crippen molar-refractivity contribution in [2.24, 2.45) is 17.8 Å². The minimum atomic E-state index is -1.40. The molecule has 0 bridgehead atoms. The molecular formula is C22H20Br2O4. The molecule has 0 amide bonds. The maximum Gasteiger partial charge on any atom is 0.310 e.